The Kier molecular flexibility index (Phi) is 6.35. The van der Waals surface area contributed by atoms with Gasteiger partial charge in [-0.25, -0.2) is 9.67 Å². The van der Waals surface area contributed by atoms with Crippen molar-refractivity contribution < 1.29 is 4.79 Å². The number of aryl methyl sites for hydroxylation is 1. The second-order valence-corrected chi connectivity index (χ2v) is 8.95. The molecule has 0 fully saturated rings. The van der Waals surface area contributed by atoms with Gasteiger partial charge in [0, 0.05) is 23.3 Å². The van der Waals surface area contributed by atoms with Gasteiger partial charge in [-0.1, -0.05) is 61.5 Å². The maximum absolute atomic E-state index is 12.7. The fourth-order valence-electron chi connectivity index (χ4n) is 3.85. The summed E-state index contributed by atoms with van der Waals surface area (Å²) in [5, 5.41) is 21.0. The molecule has 0 radical (unpaired) electrons. The van der Waals surface area contributed by atoms with Crippen LogP contribution in [0.25, 0.3) is 22.5 Å². The van der Waals surface area contributed by atoms with Gasteiger partial charge in [0.25, 0.3) is 0 Å². The number of rotatable bonds is 9. The highest BCUT2D eigenvalue weighted by Crippen LogP contribution is 2.29. The van der Waals surface area contributed by atoms with Crippen LogP contribution in [-0.2, 0) is 19.4 Å². The van der Waals surface area contributed by atoms with Crippen molar-refractivity contribution in [1.82, 2.24) is 35.4 Å². The molecule has 5 rings (SSSR count). The third-order valence-corrected chi connectivity index (χ3v) is 6.37. The highest BCUT2D eigenvalue weighted by molar-refractivity contribution is 7.10. The maximum Gasteiger partial charge on any atom is 0.217 e. The van der Waals surface area contributed by atoms with Crippen molar-refractivity contribution in [1.29, 1.82) is 0 Å². The SMILES string of the molecule is CCCc1nc(C(=O)Cc2cccs2)nn1Cc1ccc(-c2ccccc2-c2nn[nH]n2)cc1. The zero-order valence-corrected chi connectivity index (χ0v) is 19.5. The zero-order valence-electron chi connectivity index (χ0n) is 18.7. The van der Waals surface area contributed by atoms with Gasteiger partial charge in [-0.05, 0) is 39.8 Å². The van der Waals surface area contributed by atoms with Gasteiger partial charge in [0.2, 0.25) is 17.4 Å². The van der Waals surface area contributed by atoms with Gasteiger partial charge in [0.15, 0.2) is 0 Å². The minimum Gasteiger partial charge on any atom is -0.290 e. The second kappa shape index (κ2) is 9.88. The molecule has 0 saturated carbocycles. The fourth-order valence-corrected chi connectivity index (χ4v) is 4.55. The van der Waals surface area contributed by atoms with Crippen LogP contribution in [0.3, 0.4) is 0 Å². The number of hydrogen-bond donors (Lipinski definition) is 1. The van der Waals surface area contributed by atoms with Crippen molar-refractivity contribution in [3.05, 3.63) is 88.1 Å². The molecule has 5 aromatic rings. The number of nitrogens with zero attached hydrogens (tertiary/aromatic N) is 6. The second-order valence-electron chi connectivity index (χ2n) is 7.92. The topological polar surface area (TPSA) is 102 Å². The van der Waals surface area contributed by atoms with Crippen LogP contribution in [0.1, 0.15) is 40.2 Å². The minimum absolute atomic E-state index is 0.0491. The molecule has 0 amide bonds. The lowest BCUT2D eigenvalue weighted by atomic mass is 9.98. The zero-order chi connectivity index (χ0) is 23.3. The summed E-state index contributed by atoms with van der Waals surface area (Å²) >= 11 is 1.57. The Hall–Kier alpha value is -3.98. The van der Waals surface area contributed by atoms with E-state index in [0.717, 1.165) is 45.8 Å². The van der Waals surface area contributed by atoms with E-state index in [-0.39, 0.29) is 5.78 Å². The van der Waals surface area contributed by atoms with E-state index < -0.39 is 0 Å². The maximum atomic E-state index is 12.7. The monoisotopic (exact) mass is 469 g/mol. The van der Waals surface area contributed by atoms with E-state index in [2.05, 4.69) is 61.9 Å². The quantitative estimate of drug-likeness (QED) is 0.316. The molecule has 0 bridgehead atoms. The van der Waals surface area contributed by atoms with E-state index in [1.54, 1.807) is 11.3 Å². The molecular formula is C25H23N7OS. The summed E-state index contributed by atoms with van der Waals surface area (Å²) in [5.74, 6) is 1.64. The molecule has 0 aliphatic rings. The number of tetrazole rings is 1. The van der Waals surface area contributed by atoms with Gasteiger partial charge in [0.05, 0.1) is 6.54 Å². The van der Waals surface area contributed by atoms with Gasteiger partial charge in [-0.3, -0.25) is 4.79 Å². The molecule has 34 heavy (non-hydrogen) atoms. The number of carbonyl (C=O) groups is 1. The van der Waals surface area contributed by atoms with Crippen LogP contribution in [0.15, 0.2) is 66.0 Å². The molecule has 0 unspecified atom stereocenters. The average molecular weight is 470 g/mol. The Balaban J connectivity index is 1.37. The van der Waals surface area contributed by atoms with Gasteiger partial charge in [0.1, 0.15) is 5.82 Å². The summed E-state index contributed by atoms with van der Waals surface area (Å²) in [7, 11) is 0. The molecule has 3 heterocycles. The van der Waals surface area contributed by atoms with E-state index >= 15 is 0 Å². The molecule has 9 heteroatoms. The predicted molar refractivity (Wildman–Crippen MR) is 131 cm³/mol. The summed E-state index contributed by atoms with van der Waals surface area (Å²) in [5.41, 5.74) is 4.09. The number of aromatic amines is 1. The lowest BCUT2D eigenvalue weighted by molar-refractivity contribution is 0.0983. The number of benzene rings is 2. The number of Topliss-reactive ketones (excluding diaryl/α,β-unsaturated/α-hetero) is 1. The summed E-state index contributed by atoms with van der Waals surface area (Å²) < 4.78 is 1.85. The molecule has 0 atom stereocenters. The summed E-state index contributed by atoms with van der Waals surface area (Å²) in [4.78, 5) is 18.3. The van der Waals surface area contributed by atoms with Crippen molar-refractivity contribution in [2.75, 3.05) is 0 Å². The average Bonchev–Trinajstić information content (AvgIpc) is 3.63. The first kappa shape index (κ1) is 21.8. The van der Waals surface area contributed by atoms with E-state index in [1.165, 1.54) is 0 Å². The number of thiophene rings is 1. The Morgan fingerprint density at radius 1 is 1.03 bits per heavy atom. The fraction of sp³-hybridized carbons (Fsp3) is 0.200. The van der Waals surface area contributed by atoms with Gasteiger partial charge < -0.3 is 0 Å². The first-order valence-electron chi connectivity index (χ1n) is 11.1. The number of ketones is 1. The van der Waals surface area contributed by atoms with Gasteiger partial charge in [-0.2, -0.15) is 5.21 Å². The summed E-state index contributed by atoms with van der Waals surface area (Å²) in [6.45, 7) is 2.66. The number of H-pyrrole nitrogens is 1. The third-order valence-electron chi connectivity index (χ3n) is 5.50. The van der Waals surface area contributed by atoms with Crippen LogP contribution >= 0.6 is 11.3 Å². The predicted octanol–water partition coefficient (Wildman–Crippen LogP) is 4.61. The van der Waals surface area contributed by atoms with Gasteiger partial charge in [-0.15, -0.1) is 26.6 Å². The van der Waals surface area contributed by atoms with Crippen molar-refractivity contribution in [2.45, 2.75) is 32.7 Å². The van der Waals surface area contributed by atoms with Crippen molar-refractivity contribution in [3.63, 3.8) is 0 Å². The number of carbonyl (C=O) groups excluding carboxylic acids is 1. The van der Waals surface area contributed by atoms with E-state index in [9.17, 15) is 4.79 Å². The number of nitrogens with one attached hydrogen (secondary N) is 1. The van der Waals surface area contributed by atoms with Crippen LogP contribution in [0.4, 0.5) is 0 Å². The molecule has 0 saturated heterocycles. The highest BCUT2D eigenvalue weighted by atomic mass is 32.1. The Labute approximate surface area is 200 Å². The van der Waals surface area contributed by atoms with Crippen LogP contribution < -0.4 is 0 Å². The van der Waals surface area contributed by atoms with Crippen molar-refractivity contribution in [2.24, 2.45) is 0 Å². The minimum atomic E-state index is -0.0491. The molecule has 0 aliphatic heterocycles. The Bertz CT molecular complexity index is 1370. The molecule has 3 aromatic heterocycles. The first-order chi connectivity index (χ1) is 16.7. The third kappa shape index (κ3) is 4.69. The van der Waals surface area contributed by atoms with E-state index in [4.69, 9.17) is 0 Å². The summed E-state index contributed by atoms with van der Waals surface area (Å²) in [6.07, 6.45) is 2.04. The van der Waals surface area contributed by atoms with Gasteiger partial charge >= 0.3 is 0 Å². The standard InChI is InChI=1S/C25H23N7OS/c1-2-6-23-26-25(22(33)15-19-7-5-14-34-19)29-32(23)16-17-10-12-18(13-11-17)20-8-3-4-9-21(20)24-27-30-31-28-24/h3-5,7-14H,2,6,15-16H2,1H3,(H,27,28,30,31). The number of hydrogen-bond acceptors (Lipinski definition) is 7. The van der Waals surface area contributed by atoms with E-state index in [1.807, 2.05) is 46.5 Å². The molecule has 1 N–H and O–H groups in total. The highest BCUT2D eigenvalue weighted by Gasteiger charge is 2.17. The molecule has 8 nitrogen and oxygen atoms in total. The van der Waals surface area contributed by atoms with Crippen LogP contribution in [0, 0.1) is 0 Å². The lowest BCUT2D eigenvalue weighted by Crippen LogP contribution is -2.08. The van der Waals surface area contributed by atoms with Crippen LogP contribution in [0.2, 0.25) is 0 Å². The van der Waals surface area contributed by atoms with Crippen molar-refractivity contribution in [3.8, 4) is 22.5 Å². The Morgan fingerprint density at radius 3 is 2.56 bits per heavy atom. The smallest absolute Gasteiger partial charge is 0.217 e. The molecule has 2 aromatic carbocycles. The number of aromatic nitrogens is 7. The molecule has 0 spiro atoms. The lowest BCUT2D eigenvalue weighted by Gasteiger charge is -2.09. The Morgan fingerprint density at radius 2 is 1.85 bits per heavy atom. The van der Waals surface area contributed by atoms with Crippen LogP contribution in [0.5, 0.6) is 0 Å². The van der Waals surface area contributed by atoms with Crippen molar-refractivity contribution >= 4 is 17.1 Å². The van der Waals surface area contributed by atoms with Crippen LogP contribution in [-0.4, -0.2) is 41.2 Å². The normalized spacial score (nSPS) is 11.1. The molecule has 170 valence electrons. The first-order valence-corrected chi connectivity index (χ1v) is 12.0. The van der Waals surface area contributed by atoms with E-state index in [0.29, 0.717) is 24.6 Å². The molecule has 0 aliphatic carbocycles. The molecular weight excluding hydrogens is 446 g/mol. The summed E-state index contributed by atoms with van der Waals surface area (Å²) in [6, 6.07) is 20.2. The largest absolute Gasteiger partial charge is 0.290 e.